The van der Waals surface area contributed by atoms with Crippen molar-refractivity contribution in [3.05, 3.63) is 595 Å². The van der Waals surface area contributed by atoms with E-state index in [1.54, 1.807) is 0 Å². The summed E-state index contributed by atoms with van der Waals surface area (Å²) < 4.78 is 0. The Bertz CT molecular complexity index is 9520. The van der Waals surface area contributed by atoms with Crippen LogP contribution in [0.25, 0.3) is 166 Å². The molecule has 0 aromatic heterocycles. The lowest BCUT2D eigenvalue weighted by Crippen LogP contribution is -2.23. The van der Waals surface area contributed by atoms with E-state index in [1.165, 1.54) is 233 Å². The van der Waals surface area contributed by atoms with Crippen LogP contribution in [0.1, 0.15) is 66.8 Å². The van der Waals surface area contributed by atoms with Gasteiger partial charge in [0.1, 0.15) is 0 Å². The van der Waals surface area contributed by atoms with E-state index in [9.17, 15) is 0 Å². The van der Waals surface area contributed by atoms with Crippen LogP contribution in [0.4, 0.5) is 51.2 Å². The summed E-state index contributed by atoms with van der Waals surface area (Å²) in [7, 11) is 0. The molecule has 9 aliphatic carbocycles. The van der Waals surface area contributed by atoms with Crippen molar-refractivity contribution >= 4 is 83.5 Å². The molecule has 0 bridgehead atoms. The van der Waals surface area contributed by atoms with Crippen LogP contribution in [0.3, 0.4) is 0 Å². The maximum Gasteiger partial charge on any atom is 0.0738 e. The first kappa shape index (κ1) is 80.4. The molecule has 0 amide bonds. The Morgan fingerprint density at radius 2 is 0.340 bits per heavy atom. The molecular formula is C141H87N3. The van der Waals surface area contributed by atoms with Gasteiger partial charge < -0.3 is 14.7 Å². The summed E-state index contributed by atoms with van der Waals surface area (Å²) in [5.74, 6) is 0. The summed E-state index contributed by atoms with van der Waals surface area (Å²) in [4.78, 5) is 7.29. The standard InChI is InChI=1S/3C47H29N/c1-2-14-33(15-3-1)48(44-23-9-7-16-35(44)32-25-24-30-12-4-5-13-31(30)28-32)34-26-27-37-39-19-11-21-41-40-20-10-18-38-36-17-6-8-22-42(36)47(45(38)40,46(39)41)43(37)29-34;1-2-14-34(15-3-1)48(35-16-8-13-32(28-35)33-24-23-30-11-4-5-12-31(30)27-33)36-25-26-38-40-19-10-21-42-41-20-9-18-39-37-17-6-7-22-43(37)47(45(39)41,46(40)42)44(38)29-36;1-2-12-34(13-3-1)48(35-24-22-31(23-25-35)33-21-20-30-10-4-5-11-32(30)28-33)36-26-27-38-40-16-9-18-42-41-17-8-15-39-37-14-6-7-19-43(37)47(45(39)41,46(40)42)44(38)29-36/h3*1-29H. The molecular weight excluding hydrogens is 1740 g/mol. The van der Waals surface area contributed by atoms with E-state index in [0.29, 0.717) is 0 Å². The fraction of sp³-hybridized carbons (Fsp3) is 0.0213. The van der Waals surface area contributed by atoms with Gasteiger partial charge in [-0.3, -0.25) is 0 Å². The van der Waals surface area contributed by atoms with E-state index in [2.05, 4.69) is 542 Å². The van der Waals surface area contributed by atoms with Gasteiger partial charge in [-0.15, -0.1) is 0 Å². The molecule has 144 heavy (non-hydrogen) atoms. The quantitative estimate of drug-likeness (QED) is 0.121. The van der Waals surface area contributed by atoms with Gasteiger partial charge in [-0.25, -0.2) is 0 Å². The zero-order valence-corrected chi connectivity index (χ0v) is 78.6. The Balaban J connectivity index is 0.0000000986. The lowest BCUT2D eigenvalue weighted by atomic mass is 9.73. The van der Waals surface area contributed by atoms with Crippen LogP contribution < -0.4 is 14.7 Å². The number of benzene rings is 24. The Labute approximate surface area is 836 Å². The molecule has 3 heteroatoms. The second kappa shape index (κ2) is 30.7. The van der Waals surface area contributed by atoms with Gasteiger partial charge in [0.05, 0.1) is 21.9 Å². The summed E-state index contributed by atoms with van der Waals surface area (Å²) in [6.07, 6.45) is 0. The monoisotopic (exact) mass is 1820 g/mol. The molecule has 0 heterocycles. The van der Waals surface area contributed by atoms with Gasteiger partial charge in [-0.05, 0) is 348 Å². The van der Waals surface area contributed by atoms with Crippen LogP contribution >= 0.6 is 0 Å². The maximum atomic E-state index is 2.50. The minimum Gasteiger partial charge on any atom is -0.310 e. The molecule has 666 valence electrons. The number of hydrogen-bond acceptors (Lipinski definition) is 3. The summed E-state index contributed by atoms with van der Waals surface area (Å²) in [5, 5.41) is 7.54. The van der Waals surface area contributed by atoms with Crippen LogP contribution in [0.2, 0.25) is 0 Å². The average Bonchev–Trinajstić information content (AvgIpc) is 1.48. The highest BCUT2D eigenvalue weighted by molar-refractivity contribution is 6.12. The highest BCUT2D eigenvalue weighted by Crippen LogP contribution is 2.74. The number of anilines is 9. The highest BCUT2D eigenvalue weighted by Gasteiger charge is 2.61. The summed E-state index contributed by atoms with van der Waals surface area (Å²) in [6, 6.07) is 196. The molecule has 3 unspecified atom stereocenters. The summed E-state index contributed by atoms with van der Waals surface area (Å²) >= 11 is 0. The first-order valence-electron chi connectivity index (χ1n) is 50.3. The largest absolute Gasteiger partial charge is 0.310 e. The maximum absolute atomic E-state index is 2.50. The van der Waals surface area contributed by atoms with Crippen molar-refractivity contribution in [2.45, 2.75) is 16.2 Å². The Kier molecular flexibility index (Phi) is 17.2. The molecule has 24 aromatic carbocycles. The predicted octanol–water partition coefficient (Wildman–Crippen LogP) is 36.9. The topological polar surface area (TPSA) is 9.72 Å². The van der Waals surface area contributed by atoms with E-state index >= 15 is 0 Å². The molecule has 33 rings (SSSR count). The fourth-order valence-electron chi connectivity index (χ4n) is 27.3. The number of rotatable bonds is 12. The van der Waals surface area contributed by atoms with E-state index in [0.717, 1.165) is 51.2 Å². The van der Waals surface area contributed by atoms with Crippen molar-refractivity contribution < 1.29 is 0 Å². The third-order valence-electron chi connectivity index (χ3n) is 32.9. The van der Waals surface area contributed by atoms with Gasteiger partial charge in [0.2, 0.25) is 0 Å². The average molecular weight is 1820 g/mol. The second-order valence-corrected chi connectivity index (χ2v) is 39.8. The fourth-order valence-corrected chi connectivity index (χ4v) is 27.3. The minimum atomic E-state index is -0.319. The number of fused-ring (bicyclic) bond motifs is 18. The molecule has 3 nitrogen and oxygen atoms in total. The Morgan fingerprint density at radius 3 is 0.722 bits per heavy atom. The molecule has 0 fully saturated rings. The molecule has 3 atom stereocenters. The predicted molar refractivity (Wildman–Crippen MR) is 598 cm³/mol. The van der Waals surface area contributed by atoms with Crippen LogP contribution in [0.15, 0.2) is 528 Å². The smallest absolute Gasteiger partial charge is 0.0738 e. The van der Waals surface area contributed by atoms with E-state index < -0.39 is 0 Å². The number of hydrogen-bond donors (Lipinski definition) is 0. The molecule has 0 N–H and O–H groups in total. The van der Waals surface area contributed by atoms with E-state index in [4.69, 9.17) is 0 Å². The second-order valence-electron chi connectivity index (χ2n) is 39.8. The zero-order chi connectivity index (χ0) is 94.2. The van der Waals surface area contributed by atoms with Crippen molar-refractivity contribution in [1.29, 1.82) is 0 Å². The van der Waals surface area contributed by atoms with Crippen LogP contribution in [-0.4, -0.2) is 0 Å². The van der Waals surface area contributed by atoms with Gasteiger partial charge in [-0.2, -0.15) is 0 Å². The summed E-state index contributed by atoms with van der Waals surface area (Å²) in [6.45, 7) is 0. The third-order valence-corrected chi connectivity index (χ3v) is 32.9. The molecule has 24 aromatic rings. The number of para-hydroxylation sites is 4. The van der Waals surface area contributed by atoms with Crippen molar-refractivity contribution in [1.82, 2.24) is 0 Å². The Morgan fingerprint density at radius 1 is 0.111 bits per heavy atom. The van der Waals surface area contributed by atoms with Crippen molar-refractivity contribution in [2.75, 3.05) is 14.7 Å². The third kappa shape index (κ3) is 11.1. The van der Waals surface area contributed by atoms with Gasteiger partial charge in [0.25, 0.3) is 0 Å². The van der Waals surface area contributed by atoms with E-state index in [1.807, 2.05) is 0 Å². The zero-order valence-electron chi connectivity index (χ0n) is 78.6. The van der Waals surface area contributed by atoms with Crippen LogP contribution in [0, 0.1) is 0 Å². The van der Waals surface area contributed by atoms with Gasteiger partial charge in [0.15, 0.2) is 0 Å². The van der Waals surface area contributed by atoms with Crippen LogP contribution in [0.5, 0.6) is 0 Å². The Hall–Kier alpha value is -18.5. The van der Waals surface area contributed by atoms with Crippen molar-refractivity contribution in [3.8, 4) is 134 Å². The lowest BCUT2D eigenvalue weighted by Gasteiger charge is -2.31. The van der Waals surface area contributed by atoms with Gasteiger partial charge in [0, 0.05) is 51.1 Å². The van der Waals surface area contributed by atoms with Crippen LogP contribution in [-0.2, 0) is 16.2 Å². The lowest BCUT2D eigenvalue weighted by molar-refractivity contribution is 0.818. The molecule has 9 aliphatic rings. The SMILES string of the molecule is c1ccc(N(c2ccc(-c3ccc4ccccc4c3)cc2)c2ccc3c(c2)C24c5ccccc5-c5cccc(c52)-c2cccc-3c24)cc1.c1ccc(N(c2ccc3c(c2)C24c5ccccc5-c5cccc(c52)-c2cccc-3c24)c2ccccc2-c2ccc3ccccc3c2)cc1.c1ccc(N(c2cccc(-c3ccc4ccccc4c3)c2)c2ccc3c(c2)C24c5ccccc5-c5cccc(c52)-c2cccc-3c24)cc1. The van der Waals surface area contributed by atoms with Gasteiger partial charge in [-0.1, -0.05) is 406 Å². The van der Waals surface area contributed by atoms with Crippen molar-refractivity contribution in [2.24, 2.45) is 0 Å². The first-order chi connectivity index (χ1) is 71.4. The molecule has 0 radical (unpaired) electrons. The molecule has 0 aliphatic heterocycles. The van der Waals surface area contributed by atoms with Gasteiger partial charge >= 0.3 is 0 Å². The first-order valence-corrected chi connectivity index (χ1v) is 50.3. The normalized spacial score (nSPS) is 15.6. The van der Waals surface area contributed by atoms with Crippen molar-refractivity contribution in [3.63, 3.8) is 0 Å². The molecule has 3 spiro atoms. The highest BCUT2D eigenvalue weighted by atomic mass is 15.2. The minimum absolute atomic E-state index is 0.303. The molecule has 0 saturated heterocycles. The van der Waals surface area contributed by atoms with E-state index in [-0.39, 0.29) is 16.2 Å². The summed E-state index contributed by atoms with van der Waals surface area (Å²) in [5.41, 5.74) is 58.3. The number of nitrogens with zero attached hydrogens (tertiary/aromatic N) is 3. The molecule has 0 saturated carbocycles.